The Morgan fingerprint density at radius 3 is 2.84 bits per heavy atom. The van der Waals surface area contributed by atoms with Crippen LogP contribution in [0.15, 0.2) is 12.3 Å². The van der Waals surface area contributed by atoms with Crippen molar-refractivity contribution in [2.24, 2.45) is 5.73 Å². The average Bonchev–Trinajstić information content (AvgIpc) is 3.05. The molecule has 1 saturated heterocycles. The summed E-state index contributed by atoms with van der Waals surface area (Å²) in [5.74, 6) is -0.595. The lowest BCUT2D eigenvalue weighted by molar-refractivity contribution is 0.0687. The van der Waals surface area contributed by atoms with E-state index >= 15 is 0 Å². The Hall–Kier alpha value is -1.82. The molecule has 0 spiro atoms. The zero-order valence-electron chi connectivity index (χ0n) is 11.1. The summed E-state index contributed by atoms with van der Waals surface area (Å²) in [4.78, 5) is 28.2. The average molecular weight is 264 g/mol. The van der Waals surface area contributed by atoms with Crippen molar-refractivity contribution in [2.75, 3.05) is 19.6 Å². The monoisotopic (exact) mass is 264 g/mol. The standard InChI is InChI=1S/C13H20N4O2/c1-2-5-17(10-3-4-15-8-10)13(19)11-6-9(7-16-11)12(14)18/h6-7,10,15-16H,2-5,8H2,1H3,(H2,14,18). The molecule has 2 heterocycles. The third kappa shape index (κ3) is 2.96. The minimum atomic E-state index is -0.528. The van der Waals surface area contributed by atoms with E-state index in [0.29, 0.717) is 11.3 Å². The Morgan fingerprint density at radius 2 is 2.32 bits per heavy atom. The van der Waals surface area contributed by atoms with Gasteiger partial charge in [-0.05, 0) is 25.5 Å². The number of carbonyl (C=O) groups is 2. The molecule has 0 saturated carbocycles. The highest BCUT2D eigenvalue weighted by atomic mass is 16.2. The van der Waals surface area contributed by atoms with Crippen molar-refractivity contribution in [3.63, 3.8) is 0 Å². The number of carbonyl (C=O) groups excluding carboxylic acids is 2. The number of hydrogen-bond acceptors (Lipinski definition) is 3. The van der Waals surface area contributed by atoms with E-state index in [1.165, 1.54) is 12.3 Å². The van der Waals surface area contributed by atoms with Crippen LogP contribution in [0, 0.1) is 0 Å². The van der Waals surface area contributed by atoms with Gasteiger partial charge in [0, 0.05) is 25.3 Å². The second-order valence-electron chi connectivity index (χ2n) is 4.81. The predicted molar refractivity (Wildman–Crippen MR) is 71.9 cm³/mol. The summed E-state index contributed by atoms with van der Waals surface area (Å²) in [6, 6.07) is 1.75. The smallest absolute Gasteiger partial charge is 0.270 e. The van der Waals surface area contributed by atoms with Crippen LogP contribution >= 0.6 is 0 Å². The molecule has 1 aromatic rings. The zero-order chi connectivity index (χ0) is 13.8. The van der Waals surface area contributed by atoms with Gasteiger partial charge in [0.2, 0.25) is 5.91 Å². The summed E-state index contributed by atoms with van der Waals surface area (Å²) in [5.41, 5.74) is 5.95. The van der Waals surface area contributed by atoms with Gasteiger partial charge in [-0.25, -0.2) is 0 Å². The first-order valence-electron chi connectivity index (χ1n) is 6.63. The molecule has 1 aliphatic rings. The van der Waals surface area contributed by atoms with Gasteiger partial charge in [-0.3, -0.25) is 9.59 Å². The number of primary amides is 1. The number of aromatic amines is 1. The van der Waals surface area contributed by atoms with Gasteiger partial charge in [0.15, 0.2) is 0 Å². The van der Waals surface area contributed by atoms with Crippen LogP contribution in [0.4, 0.5) is 0 Å². The number of nitrogens with two attached hydrogens (primary N) is 1. The van der Waals surface area contributed by atoms with Crippen LogP contribution in [0.5, 0.6) is 0 Å². The summed E-state index contributed by atoms with van der Waals surface area (Å²) in [5, 5.41) is 3.26. The van der Waals surface area contributed by atoms with Crippen LogP contribution < -0.4 is 11.1 Å². The molecule has 1 atom stereocenters. The Morgan fingerprint density at radius 1 is 1.53 bits per heavy atom. The van der Waals surface area contributed by atoms with Crippen LogP contribution in [0.1, 0.15) is 40.6 Å². The first-order chi connectivity index (χ1) is 9.13. The van der Waals surface area contributed by atoms with E-state index in [0.717, 1.165) is 32.5 Å². The molecule has 104 valence electrons. The molecule has 1 aromatic heterocycles. The third-order valence-electron chi connectivity index (χ3n) is 3.40. The first kappa shape index (κ1) is 13.6. The fourth-order valence-corrected chi connectivity index (χ4v) is 2.41. The maximum atomic E-state index is 12.5. The number of H-pyrrole nitrogens is 1. The maximum Gasteiger partial charge on any atom is 0.270 e. The van der Waals surface area contributed by atoms with Gasteiger partial charge < -0.3 is 20.9 Å². The van der Waals surface area contributed by atoms with Gasteiger partial charge in [0.25, 0.3) is 5.91 Å². The Bertz CT molecular complexity index is 463. The quantitative estimate of drug-likeness (QED) is 0.715. The van der Waals surface area contributed by atoms with E-state index in [1.807, 2.05) is 11.8 Å². The van der Waals surface area contributed by atoms with Crippen LogP contribution in [0.3, 0.4) is 0 Å². The molecule has 0 aliphatic carbocycles. The van der Waals surface area contributed by atoms with Gasteiger partial charge in [-0.15, -0.1) is 0 Å². The van der Waals surface area contributed by atoms with Crippen molar-refractivity contribution in [3.05, 3.63) is 23.5 Å². The van der Waals surface area contributed by atoms with Gasteiger partial charge in [-0.1, -0.05) is 6.92 Å². The molecule has 6 nitrogen and oxygen atoms in total. The highest BCUT2D eigenvalue weighted by Gasteiger charge is 2.27. The Balaban J connectivity index is 2.15. The molecule has 1 fully saturated rings. The molecule has 2 amide bonds. The van der Waals surface area contributed by atoms with E-state index in [9.17, 15) is 9.59 Å². The minimum absolute atomic E-state index is 0.0666. The largest absolute Gasteiger partial charge is 0.366 e. The SMILES string of the molecule is CCCN(C(=O)c1cc(C(N)=O)c[nH]1)C1CCNC1. The van der Waals surface area contributed by atoms with E-state index in [1.54, 1.807) is 0 Å². The van der Waals surface area contributed by atoms with Crippen molar-refractivity contribution in [1.82, 2.24) is 15.2 Å². The number of nitrogens with zero attached hydrogens (tertiary/aromatic N) is 1. The first-order valence-corrected chi connectivity index (χ1v) is 6.63. The highest BCUT2D eigenvalue weighted by molar-refractivity contribution is 5.98. The van der Waals surface area contributed by atoms with E-state index in [4.69, 9.17) is 5.73 Å². The molecule has 4 N–H and O–H groups in total. The van der Waals surface area contributed by atoms with Crippen LogP contribution in [-0.2, 0) is 0 Å². The lowest BCUT2D eigenvalue weighted by atomic mass is 10.2. The van der Waals surface area contributed by atoms with Crippen LogP contribution in [-0.4, -0.2) is 47.4 Å². The fraction of sp³-hybridized carbons (Fsp3) is 0.538. The topological polar surface area (TPSA) is 91.2 Å². The molecule has 2 rings (SSSR count). The van der Waals surface area contributed by atoms with Gasteiger partial charge in [-0.2, -0.15) is 0 Å². The molecular formula is C13H20N4O2. The fourth-order valence-electron chi connectivity index (χ4n) is 2.41. The Kier molecular flexibility index (Phi) is 4.21. The number of amides is 2. The summed E-state index contributed by atoms with van der Waals surface area (Å²) in [6.07, 6.45) is 3.35. The second kappa shape index (κ2) is 5.88. The number of rotatable bonds is 5. The molecule has 1 aliphatic heterocycles. The van der Waals surface area contributed by atoms with Crippen molar-refractivity contribution >= 4 is 11.8 Å². The van der Waals surface area contributed by atoms with Gasteiger partial charge in [0.05, 0.1) is 5.56 Å². The highest BCUT2D eigenvalue weighted by Crippen LogP contribution is 2.14. The lowest BCUT2D eigenvalue weighted by Crippen LogP contribution is -2.42. The molecule has 6 heteroatoms. The molecular weight excluding hydrogens is 244 g/mol. The normalized spacial score (nSPS) is 18.5. The molecule has 0 radical (unpaired) electrons. The van der Waals surface area contributed by atoms with Crippen molar-refractivity contribution in [1.29, 1.82) is 0 Å². The number of nitrogens with one attached hydrogen (secondary N) is 2. The Labute approximate surface area is 112 Å². The van der Waals surface area contributed by atoms with Gasteiger partial charge in [0.1, 0.15) is 5.69 Å². The lowest BCUT2D eigenvalue weighted by Gasteiger charge is -2.27. The molecule has 0 aromatic carbocycles. The van der Waals surface area contributed by atoms with Crippen LogP contribution in [0.25, 0.3) is 0 Å². The molecule has 0 bridgehead atoms. The summed E-state index contributed by atoms with van der Waals surface area (Å²) in [6.45, 7) is 4.53. The third-order valence-corrected chi connectivity index (χ3v) is 3.40. The summed E-state index contributed by atoms with van der Waals surface area (Å²) < 4.78 is 0. The zero-order valence-corrected chi connectivity index (χ0v) is 11.1. The predicted octanol–water partition coefficient (Wildman–Crippen LogP) is 0.328. The second-order valence-corrected chi connectivity index (χ2v) is 4.81. The minimum Gasteiger partial charge on any atom is -0.366 e. The number of hydrogen-bond donors (Lipinski definition) is 3. The van der Waals surface area contributed by atoms with Crippen molar-refractivity contribution in [2.45, 2.75) is 25.8 Å². The molecule has 1 unspecified atom stereocenters. The van der Waals surface area contributed by atoms with Crippen molar-refractivity contribution < 1.29 is 9.59 Å². The van der Waals surface area contributed by atoms with Gasteiger partial charge >= 0.3 is 0 Å². The van der Waals surface area contributed by atoms with E-state index in [2.05, 4.69) is 10.3 Å². The van der Waals surface area contributed by atoms with Crippen LogP contribution in [0.2, 0.25) is 0 Å². The molecule has 19 heavy (non-hydrogen) atoms. The van der Waals surface area contributed by atoms with E-state index in [-0.39, 0.29) is 11.9 Å². The van der Waals surface area contributed by atoms with Crippen molar-refractivity contribution in [3.8, 4) is 0 Å². The van der Waals surface area contributed by atoms with E-state index < -0.39 is 5.91 Å². The number of aromatic nitrogens is 1. The summed E-state index contributed by atoms with van der Waals surface area (Å²) >= 11 is 0. The summed E-state index contributed by atoms with van der Waals surface area (Å²) in [7, 11) is 0. The maximum absolute atomic E-state index is 12.5.